The third kappa shape index (κ3) is 3.64. The van der Waals surface area contributed by atoms with E-state index in [1.165, 1.54) is 0 Å². The summed E-state index contributed by atoms with van der Waals surface area (Å²) in [4.78, 5) is 13.2. The van der Waals surface area contributed by atoms with Crippen molar-refractivity contribution in [2.45, 2.75) is 6.10 Å². The Bertz CT molecular complexity index is 797. The van der Waals surface area contributed by atoms with E-state index in [9.17, 15) is 9.90 Å². The van der Waals surface area contributed by atoms with Crippen LogP contribution in [0, 0.1) is 0 Å². The van der Waals surface area contributed by atoms with E-state index in [2.05, 4.69) is 15.5 Å². The number of aliphatic hydroxyl groups is 1. The number of hydrogen-bond acceptors (Lipinski definition) is 5. The Kier molecular flexibility index (Phi) is 4.93. The average Bonchev–Trinajstić information content (AvgIpc) is 3.30. The van der Waals surface area contributed by atoms with Gasteiger partial charge in [-0.15, -0.1) is 11.3 Å². The zero-order chi connectivity index (χ0) is 16.9. The Morgan fingerprint density at radius 3 is 2.83 bits per heavy atom. The van der Waals surface area contributed by atoms with Crippen molar-refractivity contribution in [2.75, 3.05) is 13.7 Å². The first-order chi connectivity index (χ1) is 11.7. The van der Waals surface area contributed by atoms with E-state index in [-0.39, 0.29) is 12.5 Å². The van der Waals surface area contributed by atoms with Crippen molar-refractivity contribution in [2.24, 2.45) is 0 Å². The monoisotopic (exact) mass is 343 g/mol. The molecule has 0 aliphatic rings. The molecule has 3 aromatic rings. The fourth-order valence-electron chi connectivity index (χ4n) is 2.22. The summed E-state index contributed by atoms with van der Waals surface area (Å²) < 4.78 is 5.08. The molecule has 3 rings (SSSR count). The zero-order valence-corrected chi connectivity index (χ0v) is 13.8. The van der Waals surface area contributed by atoms with Crippen molar-refractivity contribution in [1.82, 2.24) is 15.5 Å². The van der Waals surface area contributed by atoms with Gasteiger partial charge in [-0.05, 0) is 35.2 Å². The lowest BCUT2D eigenvalue weighted by atomic mass is 10.1. The van der Waals surface area contributed by atoms with Gasteiger partial charge in [-0.2, -0.15) is 5.10 Å². The maximum absolute atomic E-state index is 12.1. The number of rotatable bonds is 6. The molecule has 1 amide bonds. The highest BCUT2D eigenvalue weighted by Crippen LogP contribution is 2.23. The quantitative estimate of drug-likeness (QED) is 0.642. The highest BCUT2D eigenvalue weighted by Gasteiger charge is 2.14. The van der Waals surface area contributed by atoms with E-state index in [1.54, 1.807) is 48.8 Å². The molecule has 1 aromatic carbocycles. The lowest BCUT2D eigenvalue weighted by Gasteiger charge is -2.12. The number of H-pyrrole nitrogens is 1. The number of nitrogens with one attached hydrogen (secondary N) is 2. The predicted octanol–water partition coefficient (Wildman–Crippen LogP) is 2.61. The van der Waals surface area contributed by atoms with Crippen LogP contribution in [0.15, 0.2) is 47.8 Å². The van der Waals surface area contributed by atoms with E-state index in [1.807, 2.05) is 17.5 Å². The van der Waals surface area contributed by atoms with Gasteiger partial charge < -0.3 is 15.2 Å². The number of thiophene rings is 1. The maximum Gasteiger partial charge on any atom is 0.271 e. The Balaban J connectivity index is 1.58. The van der Waals surface area contributed by atoms with E-state index in [4.69, 9.17) is 4.74 Å². The second-order valence-electron chi connectivity index (χ2n) is 5.14. The predicted molar refractivity (Wildman–Crippen MR) is 92.2 cm³/mol. The smallest absolute Gasteiger partial charge is 0.271 e. The minimum absolute atomic E-state index is 0.104. The molecule has 0 spiro atoms. The highest BCUT2D eigenvalue weighted by atomic mass is 32.1. The Hall–Kier alpha value is -2.64. The van der Waals surface area contributed by atoms with Crippen LogP contribution < -0.4 is 10.1 Å². The van der Waals surface area contributed by atoms with Crippen molar-refractivity contribution in [3.63, 3.8) is 0 Å². The lowest BCUT2D eigenvalue weighted by molar-refractivity contribution is 0.0911. The van der Waals surface area contributed by atoms with E-state index < -0.39 is 6.10 Å². The van der Waals surface area contributed by atoms with Gasteiger partial charge in [0.05, 0.1) is 23.8 Å². The van der Waals surface area contributed by atoms with E-state index in [0.717, 1.165) is 10.6 Å². The average molecular weight is 343 g/mol. The fraction of sp³-hybridized carbons (Fsp3) is 0.176. The molecule has 124 valence electrons. The van der Waals surface area contributed by atoms with Crippen LogP contribution in [0.25, 0.3) is 10.6 Å². The Morgan fingerprint density at radius 2 is 2.17 bits per heavy atom. The number of carbonyl (C=O) groups is 1. The summed E-state index contributed by atoms with van der Waals surface area (Å²) in [5.41, 5.74) is 1.79. The number of ether oxygens (including phenoxy) is 1. The first kappa shape index (κ1) is 16.2. The van der Waals surface area contributed by atoms with Crippen molar-refractivity contribution in [3.8, 4) is 16.3 Å². The number of aromatic nitrogens is 2. The van der Waals surface area contributed by atoms with Gasteiger partial charge in [0.1, 0.15) is 5.75 Å². The normalized spacial score (nSPS) is 11.9. The molecule has 1 unspecified atom stereocenters. The molecule has 0 saturated carbocycles. The number of carbonyl (C=O) groups excluding carboxylic acids is 1. The molecule has 2 heterocycles. The topological polar surface area (TPSA) is 87.2 Å². The molecule has 0 aliphatic carbocycles. The molecular formula is C17H17N3O3S. The number of benzene rings is 1. The molecule has 24 heavy (non-hydrogen) atoms. The second kappa shape index (κ2) is 7.29. The lowest BCUT2D eigenvalue weighted by Crippen LogP contribution is -2.28. The van der Waals surface area contributed by atoms with Crippen LogP contribution in [0.4, 0.5) is 0 Å². The SMILES string of the molecule is COc1ccc(C(O)CNC(=O)c2cc(-c3cccs3)[nH]n2)cc1. The first-order valence-electron chi connectivity index (χ1n) is 7.37. The van der Waals surface area contributed by atoms with Crippen LogP contribution in [-0.2, 0) is 0 Å². The molecule has 2 aromatic heterocycles. The summed E-state index contributed by atoms with van der Waals surface area (Å²) in [5.74, 6) is 0.384. The van der Waals surface area contributed by atoms with Crippen molar-refractivity contribution < 1.29 is 14.6 Å². The van der Waals surface area contributed by atoms with Gasteiger partial charge >= 0.3 is 0 Å². The van der Waals surface area contributed by atoms with Crippen molar-refractivity contribution in [3.05, 3.63) is 59.1 Å². The number of aliphatic hydroxyl groups excluding tert-OH is 1. The number of hydrogen-bond donors (Lipinski definition) is 3. The summed E-state index contributed by atoms with van der Waals surface area (Å²) in [7, 11) is 1.58. The van der Waals surface area contributed by atoms with Gasteiger partial charge in [0.2, 0.25) is 0 Å². The van der Waals surface area contributed by atoms with E-state index >= 15 is 0 Å². The van der Waals surface area contributed by atoms with E-state index in [0.29, 0.717) is 17.0 Å². The Labute approximate surface area is 143 Å². The van der Waals surface area contributed by atoms with Crippen LogP contribution in [0.1, 0.15) is 22.2 Å². The number of aromatic amines is 1. The fourth-order valence-corrected chi connectivity index (χ4v) is 2.91. The Morgan fingerprint density at radius 1 is 1.38 bits per heavy atom. The number of nitrogens with zero attached hydrogens (tertiary/aromatic N) is 1. The molecule has 0 aliphatic heterocycles. The summed E-state index contributed by atoms with van der Waals surface area (Å²) >= 11 is 1.57. The van der Waals surface area contributed by atoms with Crippen LogP contribution in [0.2, 0.25) is 0 Å². The molecule has 7 heteroatoms. The van der Waals surface area contributed by atoms with Crippen LogP contribution >= 0.6 is 11.3 Å². The van der Waals surface area contributed by atoms with Gasteiger partial charge in [-0.25, -0.2) is 0 Å². The third-order valence-electron chi connectivity index (χ3n) is 3.55. The maximum atomic E-state index is 12.1. The number of methoxy groups -OCH3 is 1. The second-order valence-corrected chi connectivity index (χ2v) is 6.09. The van der Waals surface area contributed by atoms with Gasteiger partial charge in [-0.3, -0.25) is 9.89 Å². The number of amides is 1. The molecule has 6 nitrogen and oxygen atoms in total. The summed E-state index contributed by atoms with van der Waals surface area (Å²) in [6.45, 7) is 0.104. The minimum Gasteiger partial charge on any atom is -0.497 e. The van der Waals surface area contributed by atoms with Crippen molar-refractivity contribution in [1.29, 1.82) is 0 Å². The molecule has 0 radical (unpaired) electrons. The van der Waals surface area contributed by atoms with Crippen molar-refractivity contribution >= 4 is 17.2 Å². The molecule has 1 atom stereocenters. The molecule has 0 bridgehead atoms. The van der Waals surface area contributed by atoms with Gasteiger partial charge in [0.15, 0.2) is 5.69 Å². The first-order valence-corrected chi connectivity index (χ1v) is 8.25. The molecule has 0 fully saturated rings. The van der Waals surface area contributed by atoms with Crippen LogP contribution in [0.3, 0.4) is 0 Å². The molecule has 0 saturated heterocycles. The largest absolute Gasteiger partial charge is 0.497 e. The molecular weight excluding hydrogens is 326 g/mol. The van der Waals surface area contributed by atoms with Crippen LogP contribution in [-0.4, -0.2) is 34.9 Å². The zero-order valence-electron chi connectivity index (χ0n) is 13.0. The summed E-state index contributed by atoms with van der Waals surface area (Å²) in [6.07, 6.45) is -0.796. The summed E-state index contributed by atoms with van der Waals surface area (Å²) in [5, 5.41) is 21.7. The highest BCUT2D eigenvalue weighted by molar-refractivity contribution is 7.13. The van der Waals surface area contributed by atoms with Gasteiger partial charge in [-0.1, -0.05) is 18.2 Å². The minimum atomic E-state index is -0.796. The van der Waals surface area contributed by atoms with Gasteiger partial charge in [0.25, 0.3) is 5.91 Å². The molecule has 3 N–H and O–H groups in total. The van der Waals surface area contributed by atoms with Crippen LogP contribution in [0.5, 0.6) is 5.75 Å². The third-order valence-corrected chi connectivity index (χ3v) is 4.46. The van der Waals surface area contributed by atoms with Gasteiger partial charge in [0, 0.05) is 6.54 Å². The standard InChI is InChI=1S/C17H17N3O3S/c1-23-12-6-4-11(5-7-12)15(21)10-18-17(22)14-9-13(19-20-14)16-3-2-8-24-16/h2-9,15,21H,10H2,1H3,(H,18,22)(H,19,20). The summed E-state index contributed by atoms with van der Waals surface area (Å²) in [6, 6.07) is 12.6.